The first-order valence-electron chi connectivity index (χ1n) is 3.85. The Hall–Kier alpha value is -1.85. The van der Waals surface area contributed by atoms with Gasteiger partial charge in [-0.2, -0.15) is 0 Å². The molecule has 0 radical (unpaired) electrons. The smallest absolute Gasteiger partial charge is 0.322 e. The fraction of sp³-hybridized carbons (Fsp3) is 0.286. The van der Waals surface area contributed by atoms with E-state index in [9.17, 15) is 9.59 Å². The van der Waals surface area contributed by atoms with Gasteiger partial charge in [0.25, 0.3) is 5.91 Å². The topological polar surface area (TPSA) is 86.9 Å². The standard InChI is InChI=1S/C7H8N4O2/c12-6-5(10-7(13)11-6)1-4-2-8-3-9-4/h2-3,5H,1H2,(H,8,9)(H2,10,11,12,13). The van der Waals surface area contributed by atoms with Gasteiger partial charge in [-0.25, -0.2) is 9.78 Å². The number of aromatic nitrogens is 2. The number of carbonyl (C=O) groups excluding carboxylic acids is 2. The van der Waals surface area contributed by atoms with Crippen LogP contribution >= 0.6 is 0 Å². The number of rotatable bonds is 2. The van der Waals surface area contributed by atoms with Crippen molar-refractivity contribution in [1.82, 2.24) is 20.6 Å². The van der Waals surface area contributed by atoms with Crippen LogP contribution in [0.1, 0.15) is 5.69 Å². The molecule has 6 heteroatoms. The van der Waals surface area contributed by atoms with Crippen LogP contribution in [0.25, 0.3) is 0 Å². The van der Waals surface area contributed by atoms with Crippen LogP contribution < -0.4 is 10.6 Å². The fourth-order valence-electron chi connectivity index (χ4n) is 1.21. The van der Waals surface area contributed by atoms with Crippen molar-refractivity contribution in [2.24, 2.45) is 0 Å². The summed E-state index contributed by atoms with van der Waals surface area (Å²) in [5, 5.41) is 4.64. The molecule has 1 aliphatic heterocycles. The molecule has 0 aliphatic carbocycles. The van der Waals surface area contributed by atoms with Gasteiger partial charge in [-0.15, -0.1) is 0 Å². The van der Waals surface area contributed by atoms with Crippen molar-refractivity contribution in [2.75, 3.05) is 0 Å². The van der Waals surface area contributed by atoms with Gasteiger partial charge >= 0.3 is 6.03 Å². The Morgan fingerprint density at radius 2 is 2.31 bits per heavy atom. The molecule has 0 saturated carbocycles. The molecular formula is C7H8N4O2. The van der Waals surface area contributed by atoms with Crippen molar-refractivity contribution >= 4 is 11.9 Å². The van der Waals surface area contributed by atoms with Crippen LogP contribution in [0, 0.1) is 0 Å². The molecule has 0 bridgehead atoms. The molecule has 3 amide bonds. The van der Waals surface area contributed by atoms with E-state index in [0.29, 0.717) is 6.42 Å². The van der Waals surface area contributed by atoms with Crippen LogP contribution in [-0.2, 0) is 11.2 Å². The molecule has 2 rings (SSSR count). The first kappa shape index (κ1) is 7.78. The van der Waals surface area contributed by atoms with Gasteiger partial charge < -0.3 is 10.3 Å². The highest BCUT2D eigenvalue weighted by molar-refractivity contribution is 6.04. The van der Waals surface area contributed by atoms with Crippen molar-refractivity contribution in [3.63, 3.8) is 0 Å². The summed E-state index contributed by atoms with van der Waals surface area (Å²) in [5.74, 6) is -0.298. The molecule has 1 aromatic heterocycles. The minimum Gasteiger partial charge on any atom is -0.351 e. The zero-order chi connectivity index (χ0) is 9.26. The Balaban J connectivity index is 2.03. The van der Waals surface area contributed by atoms with Crippen molar-refractivity contribution in [3.05, 3.63) is 18.2 Å². The van der Waals surface area contributed by atoms with Gasteiger partial charge in [0.15, 0.2) is 0 Å². The molecular weight excluding hydrogens is 172 g/mol. The van der Waals surface area contributed by atoms with Crippen molar-refractivity contribution < 1.29 is 9.59 Å². The summed E-state index contributed by atoms with van der Waals surface area (Å²) < 4.78 is 0. The van der Waals surface area contributed by atoms with Crippen molar-refractivity contribution in [1.29, 1.82) is 0 Å². The number of hydrogen-bond acceptors (Lipinski definition) is 3. The minimum absolute atomic E-state index is 0.298. The first-order chi connectivity index (χ1) is 6.25. The van der Waals surface area contributed by atoms with Crippen molar-refractivity contribution in [3.8, 4) is 0 Å². The maximum absolute atomic E-state index is 11.1. The average molecular weight is 180 g/mol. The normalized spacial score (nSPS) is 21.4. The van der Waals surface area contributed by atoms with E-state index >= 15 is 0 Å². The first-order valence-corrected chi connectivity index (χ1v) is 3.85. The van der Waals surface area contributed by atoms with E-state index in [2.05, 4.69) is 20.6 Å². The lowest BCUT2D eigenvalue weighted by molar-refractivity contribution is -0.120. The molecule has 2 heterocycles. The van der Waals surface area contributed by atoms with Crippen LogP contribution in [0.3, 0.4) is 0 Å². The predicted molar refractivity (Wildman–Crippen MR) is 42.8 cm³/mol. The Morgan fingerprint density at radius 3 is 2.85 bits per heavy atom. The largest absolute Gasteiger partial charge is 0.351 e. The number of imidazole rings is 1. The van der Waals surface area contributed by atoms with Gasteiger partial charge in [0, 0.05) is 12.6 Å². The molecule has 3 N–H and O–H groups in total. The van der Waals surface area contributed by atoms with E-state index < -0.39 is 12.1 Å². The molecule has 0 aromatic carbocycles. The van der Waals surface area contributed by atoms with Crippen LogP contribution in [0.5, 0.6) is 0 Å². The third-order valence-electron chi connectivity index (χ3n) is 1.83. The minimum atomic E-state index is -0.490. The van der Waals surface area contributed by atoms with Crippen LogP contribution in [0.4, 0.5) is 4.79 Å². The van der Waals surface area contributed by atoms with Gasteiger partial charge in [-0.3, -0.25) is 10.1 Å². The third kappa shape index (κ3) is 1.51. The predicted octanol–water partition coefficient (Wildman–Crippen LogP) is -0.840. The molecule has 6 nitrogen and oxygen atoms in total. The van der Waals surface area contributed by atoms with E-state index in [1.165, 1.54) is 6.33 Å². The summed E-state index contributed by atoms with van der Waals surface area (Å²) in [4.78, 5) is 28.5. The number of amides is 3. The highest BCUT2D eigenvalue weighted by Gasteiger charge is 2.29. The monoisotopic (exact) mass is 180 g/mol. The zero-order valence-electron chi connectivity index (χ0n) is 6.70. The second-order valence-corrected chi connectivity index (χ2v) is 2.78. The summed E-state index contributed by atoms with van der Waals surface area (Å²) in [5.41, 5.74) is 0.752. The summed E-state index contributed by atoms with van der Waals surface area (Å²) in [6.07, 6.45) is 3.64. The summed E-state index contributed by atoms with van der Waals surface area (Å²) in [7, 11) is 0. The second-order valence-electron chi connectivity index (χ2n) is 2.78. The maximum atomic E-state index is 11.1. The number of nitrogens with one attached hydrogen (secondary N) is 3. The molecule has 1 aromatic rings. The van der Waals surface area contributed by atoms with Gasteiger partial charge in [0.2, 0.25) is 0 Å². The number of hydrogen-bond donors (Lipinski definition) is 3. The Kier molecular flexibility index (Phi) is 1.73. The van der Waals surface area contributed by atoms with E-state index in [1.807, 2.05) is 0 Å². The number of H-pyrrole nitrogens is 1. The number of aromatic amines is 1. The molecule has 1 aliphatic rings. The number of imide groups is 1. The van der Waals surface area contributed by atoms with Gasteiger partial charge in [-0.1, -0.05) is 0 Å². The molecule has 1 fully saturated rings. The lowest BCUT2D eigenvalue weighted by atomic mass is 10.2. The van der Waals surface area contributed by atoms with Crippen LogP contribution in [0.15, 0.2) is 12.5 Å². The highest BCUT2D eigenvalue weighted by atomic mass is 16.2. The summed E-state index contributed by atoms with van der Waals surface area (Å²) in [6, 6.07) is -0.929. The molecule has 0 spiro atoms. The number of carbonyl (C=O) groups is 2. The second kappa shape index (κ2) is 2.89. The maximum Gasteiger partial charge on any atom is 0.322 e. The number of nitrogens with zero attached hydrogens (tertiary/aromatic N) is 1. The molecule has 1 atom stereocenters. The van der Waals surface area contributed by atoms with E-state index in [0.717, 1.165) is 5.69 Å². The molecule has 13 heavy (non-hydrogen) atoms. The van der Waals surface area contributed by atoms with Crippen LogP contribution in [-0.4, -0.2) is 27.9 Å². The van der Waals surface area contributed by atoms with Gasteiger partial charge in [-0.05, 0) is 0 Å². The van der Waals surface area contributed by atoms with Gasteiger partial charge in [0.05, 0.1) is 12.0 Å². The quantitative estimate of drug-likeness (QED) is 0.518. The summed E-state index contributed by atoms with van der Waals surface area (Å²) >= 11 is 0. The SMILES string of the molecule is O=C1NC(=O)C(Cc2c[nH]cn2)N1. The van der Waals surface area contributed by atoms with Crippen LogP contribution in [0.2, 0.25) is 0 Å². The Labute approximate surface area is 73.7 Å². The number of urea groups is 1. The zero-order valence-corrected chi connectivity index (χ0v) is 6.70. The van der Waals surface area contributed by atoms with E-state index in [-0.39, 0.29) is 5.91 Å². The molecule has 68 valence electrons. The van der Waals surface area contributed by atoms with E-state index in [4.69, 9.17) is 0 Å². The Bertz CT molecular complexity index is 332. The fourth-order valence-corrected chi connectivity index (χ4v) is 1.21. The summed E-state index contributed by atoms with van der Waals surface area (Å²) in [6.45, 7) is 0. The lowest BCUT2D eigenvalue weighted by Gasteiger charge is -2.02. The average Bonchev–Trinajstić information content (AvgIpc) is 2.63. The van der Waals surface area contributed by atoms with E-state index in [1.54, 1.807) is 6.20 Å². The van der Waals surface area contributed by atoms with Crippen molar-refractivity contribution in [2.45, 2.75) is 12.5 Å². The molecule has 1 saturated heterocycles. The van der Waals surface area contributed by atoms with Gasteiger partial charge in [0.1, 0.15) is 6.04 Å². The Morgan fingerprint density at radius 1 is 1.46 bits per heavy atom. The lowest BCUT2D eigenvalue weighted by Crippen LogP contribution is -2.31. The highest BCUT2D eigenvalue weighted by Crippen LogP contribution is 2.01. The third-order valence-corrected chi connectivity index (χ3v) is 1.83. The molecule has 1 unspecified atom stereocenters.